The number of amides is 1. The Morgan fingerprint density at radius 2 is 2.23 bits per heavy atom. The van der Waals surface area contributed by atoms with Crippen LogP contribution < -0.4 is 5.32 Å². The quantitative estimate of drug-likeness (QED) is 0.806. The third-order valence-electron chi connectivity index (χ3n) is 4.19. The highest BCUT2D eigenvalue weighted by molar-refractivity contribution is 5.93. The minimum atomic E-state index is 0.0186. The zero-order chi connectivity index (χ0) is 16.1. The van der Waals surface area contributed by atoms with Gasteiger partial charge in [-0.25, -0.2) is 0 Å². The van der Waals surface area contributed by atoms with E-state index in [1.807, 2.05) is 13.8 Å². The fourth-order valence-electron chi connectivity index (χ4n) is 2.87. The predicted octanol–water partition coefficient (Wildman–Crippen LogP) is 0.618. The summed E-state index contributed by atoms with van der Waals surface area (Å²) in [5.41, 5.74) is 2.52. The van der Waals surface area contributed by atoms with E-state index in [-0.39, 0.29) is 5.91 Å². The van der Waals surface area contributed by atoms with Crippen molar-refractivity contribution < 1.29 is 9.53 Å². The minimum absolute atomic E-state index is 0.0186. The van der Waals surface area contributed by atoms with E-state index in [9.17, 15) is 4.79 Å². The number of carbonyl (C=O) groups is 1. The molecule has 2 rings (SSSR count). The molecule has 0 unspecified atom stereocenters. The van der Waals surface area contributed by atoms with Crippen molar-refractivity contribution in [3.8, 4) is 0 Å². The van der Waals surface area contributed by atoms with E-state index < -0.39 is 0 Å². The van der Waals surface area contributed by atoms with Gasteiger partial charge in [0, 0.05) is 39.3 Å². The monoisotopic (exact) mass is 309 g/mol. The molecule has 7 heteroatoms. The van der Waals surface area contributed by atoms with Crippen molar-refractivity contribution >= 4 is 11.6 Å². The molecular formula is C15H27N5O2. The molecule has 1 fully saturated rings. The maximum atomic E-state index is 12.2. The van der Waals surface area contributed by atoms with Gasteiger partial charge < -0.3 is 10.1 Å². The summed E-state index contributed by atoms with van der Waals surface area (Å²) in [5, 5.41) is 9.93. The second-order valence-corrected chi connectivity index (χ2v) is 5.97. The second kappa shape index (κ2) is 7.71. The maximum absolute atomic E-state index is 12.2. The number of aromatic amines is 1. The second-order valence-electron chi connectivity index (χ2n) is 5.97. The Balaban J connectivity index is 1.81. The molecule has 1 aliphatic rings. The fraction of sp³-hybridized carbons (Fsp3) is 0.733. The summed E-state index contributed by atoms with van der Waals surface area (Å²) in [6.07, 6.45) is 0. The summed E-state index contributed by atoms with van der Waals surface area (Å²) < 4.78 is 5.14. The van der Waals surface area contributed by atoms with E-state index in [0.29, 0.717) is 12.6 Å². The van der Waals surface area contributed by atoms with Crippen LogP contribution >= 0.6 is 0 Å². The maximum Gasteiger partial charge on any atom is 0.238 e. The molecule has 2 N–H and O–H groups in total. The van der Waals surface area contributed by atoms with E-state index in [0.717, 1.165) is 49.9 Å². The lowest BCUT2D eigenvalue weighted by molar-refractivity contribution is -0.118. The third-order valence-corrected chi connectivity index (χ3v) is 4.19. The van der Waals surface area contributed by atoms with Gasteiger partial charge in [-0.2, -0.15) is 5.10 Å². The topological polar surface area (TPSA) is 73.5 Å². The SMILES string of the molecule is COCCN1CCN(CC(=O)Nc2c(C)n[nH]c2C)C[C@@H]1C. The first-order valence-electron chi connectivity index (χ1n) is 7.78. The van der Waals surface area contributed by atoms with Crippen molar-refractivity contribution in [2.75, 3.05) is 51.8 Å². The number of nitrogens with zero attached hydrogens (tertiary/aromatic N) is 3. The van der Waals surface area contributed by atoms with Crippen LogP contribution in [0.15, 0.2) is 0 Å². The Morgan fingerprint density at radius 1 is 1.45 bits per heavy atom. The minimum Gasteiger partial charge on any atom is -0.383 e. The van der Waals surface area contributed by atoms with Gasteiger partial charge in [0.2, 0.25) is 5.91 Å². The summed E-state index contributed by atoms with van der Waals surface area (Å²) in [5.74, 6) is 0.0186. The lowest BCUT2D eigenvalue weighted by atomic mass is 10.2. The standard InChI is InChI=1S/C15H27N5O2/c1-11-9-19(5-6-20(11)7-8-22-4)10-14(21)16-15-12(2)17-18-13(15)3/h11H,5-10H2,1-4H3,(H,16,21)(H,17,18)/t11-/m0/s1. The van der Waals surface area contributed by atoms with Gasteiger partial charge in [0.05, 0.1) is 30.2 Å². The third kappa shape index (κ3) is 4.28. The lowest BCUT2D eigenvalue weighted by Gasteiger charge is -2.39. The number of H-pyrrole nitrogens is 1. The number of piperazine rings is 1. The molecule has 124 valence electrons. The van der Waals surface area contributed by atoms with Crippen LogP contribution in [0.1, 0.15) is 18.3 Å². The Hall–Kier alpha value is -1.44. The molecular weight excluding hydrogens is 282 g/mol. The number of hydrogen-bond donors (Lipinski definition) is 2. The van der Waals surface area contributed by atoms with E-state index in [1.54, 1.807) is 7.11 Å². The van der Waals surface area contributed by atoms with E-state index >= 15 is 0 Å². The Labute approximate surface area is 132 Å². The smallest absolute Gasteiger partial charge is 0.238 e. The average Bonchev–Trinajstić information content (AvgIpc) is 2.78. The molecule has 0 radical (unpaired) electrons. The first-order valence-corrected chi connectivity index (χ1v) is 7.78. The molecule has 1 saturated heterocycles. The van der Waals surface area contributed by atoms with Gasteiger partial charge in [0.25, 0.3) is 0 Å². The number of rotatable bonds is 6. The van der Waals surface area contributed by atoms with Crippen LogP contribution in [-0.2, 0) is 9.53 Å². The lowest BCUT2D eigenvalue weighted by Crippen LogP contribution is -2.54. The summed E-state index contributed by atoms with van der Waals surface area (Å²) in [6.45, 7) is 10.9. The molecule has 1 amide bonds. The van der Waals surface area contributed by atoms with Crippen molar-refractivity contribution in [1.29, 1.82) is 0 Å². The predicted molar refractivity (Wildman–Crippen MR) is 86.0 cm³/mol. The molecule has 0 aromatic carbocycles. The van der Waals surface area contributed by atoms with Crippen LogP contribution in [0.5, 0.6) is 0 Å². The summed E-state index contributed by atoms with van der Waals surface area (Å²) in [7, 11) is 1.73. The van der Waals surface area contributed by atoms with Crippen LogP contribution in [0, 0.1) is 13.8 Å². The van der Waals surface area contributed by atoms with E-state index in [2.05, 4.69) is 32.2 Å². The van der Waals surface area contributed by atoms with Crippen molar-refractivity contribution in [2.45, 2.75) is 26.8 Å². The highest BCUT2D eigenvalue weighted by Crippen LogP contribution is 2.16. The van der Waals surface area contributed by atoms with Crippen molar-refractivity contribution in [1.82, 2.24) is 20.0 Å². The number of hydrogen-bond acceptors (Lipinski definition) is 5. The molecule has 2 heterocycles. The van der Waals surface area contributed by atoms with Gasteiger partial charge in [-0.1, -0.05) is 0 Å². The van der Waals surface area contributed by atoms with Gasteiger partial charge in [-0.15, -0.1) is 0 Å². The van der Waals surface area contributed by atoms with Crippen LogP contribution in [0.25, 0.3) is 0 Å². The summed E-state index contributed by atoms with van der Waals surface area (Å²) in [4.78, 5) is 16.8. The van der Waals surface area contributed by atoms with Crippen LogP contribution in [-0.4, -0.2) is 78.4 Å². The summed E-state index contributed by atoms with van der Waals surface area (Å²) >= 11 is 0. The van der Waals surface area contributed by atoms with Crippen LogP contribution in [0.4, 0.5) is 5.69 Å². The van der Waals surface area contributed by atoms with Crippen LogP contribution in [0.3, 0.4) is 0 Å². The number of ether oxygens (including phenoxy) is 1. The zero-order valence-corrected chi connectivity index (χ0v) is 14.0. The number of anilines is 1. The zero-order valence-electron chi connectivity index (χ0n) is 14.0. The number of carbonyl (C=O) groups excluding carboxylic acids is 1. The fourth-order valence-corrected chi connectivity index (χ4v) is 2.87. The van der Waals surface area contributed by atoms with Crippen molar-refractivity contribution in [3.05, 3.63) is 11.4 Å². The average molecular weight is 309 g/mol. The van der Waals surface area contributed by atoms with E-state index in [4.69, 9.17) is 4.74 Å². The van der Waals surface area contributed by atoms with Gasteiger partial charge in [-0.05, 0) is 20.8 Å². The van der Waals surface area contributed by atoms with Crippen LogP contribution in [0.2, 0.25) is 0 Å². The highest BCUT2D eigenvalue weighted by atomic mass is 16.5. The molecule has 0 spiro atoms. The number of aromatic nitrogens is 2. The molecule has 1 atom stereocenters. The number of aryl methyl sites for hydroxylation is 2. The Kier molecular flexibility index (Phi) is 5.93. The van der Waals surface area contributed by atoms with Gasteiger partial charge in [0.15, 0.2) is 0 Å². The van der Waals surface area contributed by atoms with Crippen molar-refractivity contribution in [2.24, 2.45) is 0 Å². The Bertz CT molecular complexity index is 483. The number of nitrogens with one attached hydrogen (secondary N) is 2. The normalized spacial score (nSPS) is 20.3. The molecule has 22 heavy (non-hydrogen) atoms. The molecule has 0 saturated carbocycles. The van der Waals surface area contributed by atoms with Gasteiger partial charge in [0.1, 0.15) is 0 Å². The van der Waals surface area contributed by atoms with Crippen molar-refractivity contribution in [3.63, 3.8) is 0 Å². The first-order chi connectivity index (χ1) is 10.5. The Morgan fingerprint density at radius 3 is 2.82 bits per heavy atom. The molecule has 1 aromatic heterocycles. The molecule has 1 aliphatic heterocycles. The largest absolute Gasteiger partial charge is 0.383 e. The molecule has 7 nitrogen and oxygen atoms in total. The molecule has 0 aliphatic carbocycles. The molecule has 0 bridgehead atoms. The van der Waals surface area contributed by atoms with Gasteiger partial charge in [-0.3, -0.25) is 19.7 Å². The molecule has 1 aromatic rings. The summed E-state index contributed by atoms with van der Waals surface area (Å²) in [6, 6.07) is 0.439. The number of methoxy groups -OCH3 is 1. The first kappa shape index (κ1) is 16.9. The highest BCUT2D eigenvalue weighted by Gasteiger charge is 2.24. The van der Waals surface area contributed by atoms with Gasteiger partial charge >= 0.3 is 0 Å². The van der Waals surface area contributed by atoms with E-state index in [1.165, 1.54) is 0 Å².